The van der Waals surface area contributed by atoms with Gasteiger partial charge in [0.15, 0.2) is 0 Å². The Balaban J connectivity index is 2.60. The Morgan fingerprint density at radius 2 is 2.07 bits per heavy atom. The van der Waals surface area contributed by atoms with Crippen LogP contribution in [-0.2, 0) is 0 Å². The third-order valence-electron chi connectivity index (χ3n) is 2.25. The van der Waals surface area contributed by atoms with Gasteiger partial charge in [0.25, 0.3) is 0 Å². The molecular weight excluding hydrogens is 188 g/mol. The minimum Gasteiger partial charge on any atom is -0.475 e. The molecule has 0 spiro atoms. The van der Waals surface area contributed by atoms with Gasteiger partial charge in [-0.25, -0.2) is 4.98 Å². The third-order valence-corrected chi connectivity index (χ3v) is 2.25. The smallest absolute Gasteiger partial charge is 0.215 e. The SMILES string of the molecule is Cc1cnc(OC(C)CC(C)C)cc1N. The Hall–Kier alpha value is -1.25. The summed E-state index contributed by atoms with van der Waals surface area (Å²) in [5.74, 6) is 1.24. The van der Waals surface area contributed by atoms with E-state index in [1.54, 1.807) is 12.3 Å². The highest BCUT2D eigenvalue weighted by atomic mass is 16.5. The zero-order valence-electron chi connectivity index (χ0n) is 9.95. The Labute approximate surface area is 91.7 Å². The molecule has 2 N–H and O–H groups in total. The summed E-state index contributed by atoms with van der Waals surface area (Å²) in [6.45, 7) is 8.34. The predicted octanol–water partition coefficient (Wildman–Crippen LogP) is 2.79. The summed E-state index contributed by atoms with van der Waals surface area (Å²) in [5, 5.41) is 0. The van der Waals surface area contributed by atoms with Crippen molar-refractivity contribution >= 4 is 5.69 Å². The number of nitrogens with two attached hydrogens (primary N) is 1. The molecule has 0 aliphatic carbocycles. The summed E-state index contributed by atoms with van der Waals surface area (Å²) in [6.07, 6.45) is 2.95. The quantitative estimate of drug-likeness (QED) is 0.827. The fraction of sp³-hybridized carbons (Fsp3) is 0.583. The van der Waals surface area contributed by atoms with E-state index in [1.165, 1.54) is 0 Å². The van der Waals surface area contributed by atoms with Gasteiger partial charge in [-0.2, -0.15) is 0 Å². The zero-order chi connectivity index (χ0) is 11.4. The molecule has 0 aliphatic heterocycles. The summed E-state index contributed by atoms with van der Waals surface area (Å²) in [6, 6.07) is 1.78. The summed E-state index contributed by atoms with van der Waals surface area (Å²) in [4.78, 5) is 4.18. The standard InChI is InChI=1S/C12H20N2O/c1-8(2)5-10(4)15-12-6-11(13)9(3)7-14-12/h6-8,10H,5H2,1-4H3,(H2,13,14). The molecule has 1 unspecified atom stereocenters. The van der Waals surface area contributed by atoms with E-state index in [-0.39, 0.29) is 6.10 Å². The highest BCUT2D eigenvalue weighted by Crippen LogP contribution is 2.18. The van der Waals surface area contributed by atoms with Gasteiger partial charge in [0.1, 0.15) is 0 Å². The lowest BCUT2D eigenvalue weighted by Crippen LogP contribution is -2.15. The van der Waals surface area contributed by atoms with Crippen LogP contribution >= 0.6 is 0 Å². The number of aromatic nitrogens is 1. The summed E-state index contributed by atoms with van der Waals surface area (Å²) in [7, 11) is 0. The van der Waals surface area contributed by atoms with Crippen molar-refractivity contribution < 1.29 is 4.74 Å². The number of ether oxygens (including phenoxy) is 1. The Morgan fingerprint density at radius 1 is 1.40 bits per heavy atom. The number of aryl methyl sites for hydroxylation is 1. The maximum atomic E-state index is 5.78. The maximum Gasteiger partial charge on any atom is 0.215 e. The second kappa shape index (κ2) is 5.01. The van der Waals surface area contributed by atoms with Crippen LogP contribution in [0.5, 0.6) is 5.88 Å². The molecule has 0 aromatic carbocycles. The molecule has 3 heteroatoms. The van der Waals surface area contributed by atoms with Crippen molar-refractivity contribution in [1.82, 2.24) is 4.98 Å². The van der Waals surface area contributed by atoms with Gasteiger partial charge in [-0.1, -0.05) is 13.8 Å². The first kappa shape index (κ1) is 11.8. The minimum atomic E-state index is 0.180. The number of hydrogen-bond donors (Lipinski definition) is 1. The van der Waals surface area contributed by atoms with Crippen molar-refractivity contribution in [3.8, 4) is 5.88 Å². The highest BCUT2D eigenvalue weighted by Gasteiger charge is 2.08. The van der Waals surface area contributed by atoms with Crippen molar-refractivity contribution in [3.05, 3.63) is 17.8 Å². The molecule has 3 nitrogen and oxygen atoms in total. The van der Waals surface area contributed by atoms with Crippen molar-refractivity contribution in [2.45, 2.75) is 40.2 Å². The van der Waals surface area contributed by atoms with E-state index in [0.717, 1.165) is 17.7 Å². The van der Waals surface area contributed by atoms with E-state index in [9.17, 15) is 0 Å². The topological polar surface area (TPSA) is 48.1 Å². The molecule has 1 heterocycles. The van der Waals surface area contributed by atoms with E-state index in [0.29, 0.717) is 11.8 Å². The third kappa shape index (κ3) is 3.78. The number of hydrogen-bond acceptors (Lipinski definition) is 3. The van der Waals surface area contributed by atoms with Gasteiger partial charge >= 0.3 is 0 Å². The second-order valence-electron chi connectivity index (χ2n) is 4.44. The number of rotatable bonds is 4. The summed E-state index contributed by atoms with van der Waals surface area (Å²) in [5.41, 5.74) is 7.50. The molecule has 1 rings (SSSR count). The van der Waals surface area contributed by atoms with E-state index >= 15 is 0 Å². The monoisotopic (exact) mass is 208 g/mol. The first-order valence-corrected chi connectivity index (χ1v) is 5.37. The molecule has 1 atom stereocenters. The average molecular weight is 208 g/mol. The average Bonchev–Trinajstić information content (AvgIpc) is 2.10. The van der Waals surface area contributed by atoms with Crippen LogP contribution in [0.25, 0.3) is 0 Å². The molecule has 0 aliphatic rings. The van der Waals surface area contributed by atoms with Crippen molar-refractivity contribution in [2.75, 3.05) is 5.73 Å². The first-order valence-electron chi connectivity index (χ1n) is 5.37. The lowest BCUT2D eigenvalue weighted by atomic mass is 10.1. The van der Waals surface area contributed by atoms with Crippen LogP contribution in [0.4, 0.5) is 5.69 Å². The molecule has 84 valence electrons. The number of nitrogens with zero attached hydrogens (tertiary/aromatic N) is 1. The molecule has 0 radical (unpaired) electrons. The van der Waals surface area contributed by atoms with Crippen molar-refractivity contribution in [1.29, 1.82) is 0 Å². The van der Waals surface area contributed by atoms with E-state index in [1.807, 2.05) is 6.92 Å². The molecule has 0 bridgehead atoms. The highest BCUT2D eigenvalue weighted by molar-refractivity contribution is 5.47. The predicted molar refractivity (Wildman–Crippen MR) is 62.9 cm³/mol. The molecule has 0 saturated heterocycles. The normalized spacial score (nSPS) is 12.9. The molecular formula is C12H20N2O. The van der Waals surface area contributed by atoms with Gasteiger partial charge in [-0.05, 0) is 31.7 Å². The van der Waals surface area contributed by atoms with Crippen LogP contribution in [0, 0.1) is 12.8 Å². The van der Waals surface area contributed by atoms with E-state index in [2.05, 4.69) is 25.8 Å². The van der Waals surface area contributed by atoms with Crippen LogP contribution in [0.15, 0.2) is 12.3 Å². The summed E-state index contributed by atoms with van der Waals surface area (Å²) < 4.78 is 5.67. The largest absolute Gasteiger partial charge is 0.475 e. The van der Waals surface area contributed by atoms with E-state index in [4.69, 9.17) is 10.5 Å². The van der Waals surface area contributed by atoms with Crippen LogP contribution in [0.1, 0.15) is 32.8 Å². The Morgan fingerprint density at radius 3 is 2.60 bits per heavy atom. The van der Waals surface area contributed by atoms with Crippen LogP contribution < -0.4 is 10.5 Å². The van der Waals surface area contributed by atoms with E-state index < -0.39 is 0 Å². The Kier molecular flexibility index (Phi) is 3.95. The fourth-order valence-electron chi connectivity index (χ4n) is 1.50. The van der Waals surface area contributed by atoms with Crippen molar-refractivity contribution in [3.63, 3.8) is 0 Å². The first-order chi connectivity index (χ1) is 6.99. The fourth-order valence-corrected chi connectivity index (χ4v) is 1.50. The van der Waals surface area contributed by atoms with Crippen LogP contribution in [0.3, 0.4) is 0 Å². The van der Waals surface area contributed by atoms with Crippen molar-refractivity contribution in [2.24, 2.45) is 5.92 Å². The summed E-state index contributed by atoms with van der Waals surface area (Å²) >= 11 is 0. The Bertz CT molecular complexity index is 323. The number of anilines is 1. The van der Waals surface area contributed by atoms with Gasteiger partial charge in [0.05, 0.1) is 6.10 Å². The lowest BCUT2D eigenvalue weighted by Gasteiger charge is -2.16. The van der Waals surface area contributed by atoms with Crippen LogP contribution in [0.2, 0.25) is 0 Å². The van der Waals surface area contributed by atoms with Gasteiger partial charge in [0, 0.05) is 18.0 Å². The molecule has 0 fully saturated rings. The lowest BCUT2D eigenvalue weighted by molar-refractivity contribution is 0.186. The maximum absolute atomic E-state index is 5.78. The molecule has 1 aromatic heterocycles. The second-order valence-corrected chi connectivity index (χ2v) is 4.44. The van der Waals surface area contributed by atoms with Crippen LogP contribution in [-0.4, -0.2) is 11.1 Å². The van der Waals surface area contributed by atoms with Gasteiger partial charge < -0.3 is 10.5 Å². The van der Waals surface area contributed by atoms with Gasteiger partial charge in [-0.3, -0.25) is 0 Å². The van der Waals surface area contributed by atoms with Gasteiger partial charge in [0.2, 0.25) is 5.88 Å². The molecule has 0 saturated carbocycles. The molecule has 15 heavy (non-hydrogen) atoms. The number of pyridine rings is 1. The minimum absolute atomic E-state index is 0.180. The molecule has 0 amide bonds. The molecule has 1 aromatic rings. The number of nitrogen functional groups attached to an aromatic ring is 1. The van der Waals surface area contributed by atoms with Gasteiger partial charge in [-0.15, -0.1) is 0 Å². The zero-order valence-corrected chi connectivity index (χ0v) is 9.95.